The van der Waals surface area contributed by atoms with Crippen molar-refractivity contribution in [1.82, 2.24) is 4.98 Å². The van der Waals surface area contributed by atoms with Gasteiger partial charge in [-0.15, -0.1) is 0 Å². The average molecular weight is 301 g/mol. The van der Waals surface area contributed by atoms with E-state index in [1.165, 1.54) is 0 Å². The minimum absolute atomic E-state index is 0.481. The van der Waals surface area contributed by atoms with Crippen molar-refractivity contribution in [2.45, 2.75) is 5.54 Å². The van der Waals surface area contributed by atoms with E-state index in [2.05, 4.69) is 10.3 Å². The SMILES string of the molecule is NC(=O)C1(c2ccc3ccccc3n2)C=Cc2ccccc2N1. The van der Waals surface area contributed by atoms with E-state index < -0.39 is 11.4 Å². The van der Waals surface area contributed by atoms with Gasteiger partial charge in [0.25, 0.3) is 5.91 Å². The van der Waals surface area contributed by atoms with Gasteiger partial charge in [0.15, 0.2) is 5.54 Å². The molecule has 4 rings (SSSR count). The minimum atomic E-state index is -1.14. The number of aromatic nitrogens is 1. The molecule has 3 aromatic rings. The smallest absolute Gasteiger partial charge is 0.253 e. The Bertz CT molecular complexity index is 948. The van der Waals surface area contributed by atoms with Crippen molar-refractivity contribution < 1.29 is 4.79 Å². The molecule has 0 spiro atoms. The quantitative estimate of drug-likeness (QED) is 0.764. The van der Waals surface area contributed by atoms with Crippen molar-refractivity contribution in [3.8, 4) is 0 Å². The molecule has 1 aliphatic heterocycles. The van der Waals surface area contributed by atoms with Gasteiger partial charge in [-0.2, -0.15) is 0 Å². The fourth-order valence-corrected chi connectivity index (χ4v) is 2.93. The maximum absolute atomic E-state index is 12.3. The van der Waals surface area contributed by atoms with E-state index in [4.69, 9.17) is 5.73 Å². The first kappa shape index (κ1) is 13.5. The van der Waals surface area contributed by atoms with Crippen molar-refractivity contribution in [3.63, 3.8) is 0 Å². The van der Waals surface area contributed by atoms with E-state index in [0.717, 1.165) is 22.2 Å². The van der Waals surface area contributed by atoms with Crippen LogP contribution in [0.3, 0.4) is 0 Å². The molecular weight excluding hydrogens is 286 g/mol. The molecule has 0 saturated carbocycles. The van der Waals surface area contributed by atoms with E-state index in [1.807, 2.05) is 66.7 Å². The number of primary amides is 1. The molecule has 0 aliphatic carbocycles. The lowest BCUT2D eigenvalue weighted by atomic mass is 9.88. The number of pyridine rings is 1. The summed E-state index contributed by atoms with van der Waals surface area (Å²) in [6.45, 7) is 0. The highest BCUT2D eigenvalue weighted by Gasteiger charge is 2.39. The summed E-state index contributed by atoms with van der Waals surface area (Å²) in [7, 11) is 0. The molecule has 1 amide bonds. The van der Waals surface area contributed by atoms with Gasteiger partial charge in [-0.05, 0) is 29.8 Å². The molecule has 23 heavy (non-hydrogen) atoms. The van der Waals surface area contributed by atoms with Gasteiger partial charge >= 0.3 is 0 Å². The Morgan fingerprint density at radius 1 is 1.00 bits per heavy atom. The Kier molecular flexibility index (Phi) is 2.91. The molecule has 0 saturated heterocycles. The van der Waals surface area contributed by atoms with Crippen molar-refractivity contribution in [2.24, 2.45) is 5.73 Å². The summed E-state index contributed by atoms with van der Waals surface area (Å²) in [6, 6.07) is 19.4. The standard InChI is InChI=1S/C19H15N3O/c20-18(23)19(12-11-14-6-2-4-8-16(14)22-19)17-10-9-13-5-1-3-7-15(13)21-17/h1-12,22H,(H2,20,23). The van der Waals surface area contributed by atoms with E-state index >= 15 is 0 Å². The number of hydrogen-bond donors (Lipinski definition) is 2. The molecule has 2 heterocycles. The first-order valence-corrected chi connectivity index (χ1v) is 7.42. The Morgan fingerprint density at radius 3 is 2.65 bits per heavy atom. The number of para-hydroxylation sites is 2. The minimum Gasteiger partial charge on any atom is -0.367 e. The molecule has 2 aromatic carbocycles. The van der Waals surface area contributed by atoms with Gasteiger partial charge in [0.2, 0.25) is 0 Å². The molecule has 4 heteroatoms. The molecule has 1 aromatic heterocycles. The van der Waals surface area contributed by atoms with Crippen LogP contribution in [0, 0.1) is 0 Å². The number of anilines is 1. The van der Waals surface area contributed by atoms with Gasteiger partial charge in [0, 0.05) is 11.1 Å². The highest BCUT2D eigenvalue weighted by Crippen LogP contribution is 2.34. The highest BCUT2D eigenvalue weighted by molar-refractivity contribution is 5.95. The topological polar surface area (TPSA) is 68.0 Å². The summed E-state index contributed by atoms with van der Waals surface area (Å²) < 4.78 is 0. The second-order valence-electron chi connectivity index (χ2n) is 5.61. The van der Waals surface area contributed by atoms with Crippen LogP contribution in [0.2, 0.25) is 0 Å². The zero-order chi connectivity index (χ0) is 15.9. The number of carbonyl (C=O) groups is 1. The second-order valence-corrected chi connectivity index (χ2v) is 5.61. The van der Waals surface area contributed by atoms with Gasteiger partial charge in [-0.25, -0.2) is 4.98 Å². The van der Waals surface area contributed by atoms with E-state index in [1.54, 1.807) is 6.08 Å². The fraction of sp³-hybridized carbons (Fsp3) is 0.0526. The Labute approximate surface area is 133 Å². The number of hydrogen-bond acceptors (Lipinski definition) is 3. The van der Waals surface area contributed by atoms with Crippen molar-refractivity contribution >= 4 is 28.6 Å². The first-order valence-electron chi connectivity index (χ1n) is 7.42. The number of nitrogens with two attached hydrogens (primary N) is 1. The van der Waals surface area contributed by atoms with Crippen molar-refractivity contribution in [3.05, 3.63) is 78.0 Å². The summed E-state index contributed by atoms with van der Waals surface area (Å²) in [5.41, 5.74) is 7.91. The summed E-state index contributed by atoms with van der Waals surface area (Å²) in [5, 5.41) is 4.29. The molecular formula is C19H15N3O. The molecule has 0 bridgehead atoms. The second kappa shape index (κ2) is 4.95. The number of carbonyl (C=O) groups excluding carboxylic acids is 1. The van der Waals surface area contributed by atoms with E-state index in [-0.39, 0.29) is 0 Å². The predicted molar refractivity (Wildman–Crippen MR) is 91.7 cm³/mol. The number of rotatable bonds is 2. The van der Waals surface area contributed by atoms with Gasteiger partial charge in [0.05, 0.1) is 11.2 Å². The zero-order valence-corrected chi connectivity index (χ0v) is 12.4. The fourth-order valence-electron chi connectivity index (χ4n) is 2.93. The van der Waals surface area contributed by atoms with Gasteiger partial charge in [-0.1, -0.05) is 48.5 Å². The molecule has 0 fully saturated rings. The highest BCUT2D eigenvalue weighted by atomic mass is 16.1. The predicted octanol–water partition coefficient (Wildman–Crippen LogP) is 3.05. The summed E-state index contributed by atoms with van der Waals surface area (Å²) in [6.07, 6.45) is 3.70. The number of nitrogens with zero attached hydrogens (tertiary/aromatic N) is 1. The van der Waals surface area contributed by atoms with Crippen LogP contribution >= 0.6 is 0 Å². The first-order chi connectivity index (χ1) is 11.2. The molecule has 0 radical (unpaired) electrons. The van der Waals surface area contributed by atoms with Crippen molar-refractivity contribution in [2.75, 3.05) is 5.32 Å². The average Bonchev–Trinajstić information content (AvgIpc) is 2.60. The lowest BCUT2D eigenvalue weighted by Gasteiger charge is -2.33. The lowest BCUT2D eigenvalue weighted by molar-refractivity contribution is -0.121. The van der Waals surface area contributed by atoms with Crippen LogP contribution in [0.25, 0.3) is 17.0 Å². The molecule has 1 aliphatic rings. The van der Waals surface area contributed by atoms with Crippen LogP contribution in [0.4, 0.5) is 5.69 Å². The molecule has 4 nitrogen and oxygen atoms in total. The molecule has 1 unspecified atom stereocenters. The molecule has 3 N–H and O–H groups in total. The zero-order valence-electron chi connectivity index (χ0n) is 12.4. The monoisotopic (exact) mass is 301 g/mol. The Hall–Kier alpha value is -3.14. The number of fused-ring (bicyclic) bond motifs is 2. The van der Waals surface area contributed by atoms with Gasteiger partial charge in [-0.3, -0.25) is 4.79 Å². The van der Waals surface area contributed by atoms with Crippen LogP contribution in [-0.2, 0) is 10.3 Å². The maximum atomic E-state index is 12.3. The normalized spacial score (nSPS) is 19.1. The van der Waals surface area contributed by atoms with Crippen LogP contribution in [-0.4, -0.2) is 10.9 Å². The van der Waals surface area contributed by atoms with Gasteiger partial charge < -0.3 is 11.1 Å². The third-order valence-electron chi connectivity index (χ3n) is 4.20. The largest absolute Gasteiger partial charge is 0.367 e. The maximum Gasteiger partial charge on any atom is 0.253 e. The lowest BCUT2D eigenvalue weighted by Crippen LogP contribution is -2.48. The number of amides is 1. The number of benzene rings is 2. The third kappa shape index (κ3) is 2.07. The summed E-state index contributed by atoms with van der Waals surface area (Å²) in [4.78, 5) is 16.9. The van der Waals surface area contributed by atoms with Crippen LogP contribution in [0.1, 0.15) is 11.3 Å². The van der Waals surface area contributed by atoms with Crippen LogP contribution < -0.4 is 11.1 Å². The molecule has 112 valence electrons. The summed E-state index contributed by atoms with van der Waals surface area (Å²) in [5.74, 6) is -0.481. The van der Waals surface area contributed by atoms with E-state index in [0.29, 0.717) is 5.69 Å². The summed E-state index contributed by atoms with van der Waals surface area (Å²) >= 11 is 0. The Balaban J connectivity index is 1.90. The van der Waals surface area contributed by atoms with Crippen LogP contribution in [0.15, 0.2) is 66.7 Å². The number of nitrogens with one attached hydrogen (secondary N) is 1. The third-order valence-corrected chi connectivity index (χ3v) is 4.20. The van der Waals surface area contributed by atoms with Crippen LogP contribution in [0.5, 0.6) is 0 Å². The van der Waals surface area contributed by atoms with Gasteiger partial charge in [0.1, 0.15) is 0 Å². The Morgan fingerprint density at radius 2 is 1.78 bits per heavy atom. The molecule has 1 atom stereocenters. The van der Waals surface area contributed by atoms with E-state index in [9.17, 15) is 4.79 Å². The van der Waals surface area contributed by atoms with Crippen molar-refractivity contribution in [1.29, 1.82) is 0 Å².